The molecule has 2 aromatic heterocycles. The van der Waals surface area contributed by atoms with E-state index in [4.69, 9.17) is 0 Å². The van der Waals surface area contributed by atoms with Crippen molar-refractivity contribution in [3.8, 4) is 0 Å². The van der Waals surface area contributed by atoms with Gasteiger partial charge in [-0.05, 0) is 6.42 Å². The SMILES string of the molecule is CCC(O)CNc1nc(NC)cn2ccnc12. The molecule has 0 aromatic carbocycles. The number of anilines is 2. The summed E-state index contributed by atoms with van der Waals surface area (Å²) < 4.78 is 1.89. The van der Waals surface area contributed by atoms with E-state index >= 15 is 0 Å². The lowest BCUT2D eigenvalue weighted by Gasteiger charge is -2.12. The van der Waals surface area contributed by atoms with Crippen LogP contribution < -0.4 is 10.6 Å². The lowest BCUT2D eigenvalue weighted by atomic mass is 10.3. The maximum Gasteiger partial charge on any atom is 0.180 e. The molecule has 0 saturated heterocycles. The fourth-order valence-electron chi connectivity index (χ4n) is 1.53. The third-order valence-electron chi connectivity index (χ3n) is 2.61. The van der Waals surface area contributed by atoms with Gasteiger partial charge < -0.3 is 20.1 Å². The molecule has 0 bridgehead atoms. The van der Waals surface area contributed by atoms with Crippen LogP contribution in [0, 0.1) is 0 Å². The van der Waals surface area contributed by atoms with Gasteiger partial charge in [-0.2, -0.15) is 0 Å². The molecule has 92 valence electrons. The van der Waals surface area contributed by atoms with E-state index in [1.165, 1.54) is 0 Å². The summed E-state index contributed by atoms with van der Waals surface area (Å²) in [7, 11) is 1.82. The van der Waals surface area contributed by atoms with E-state index in [1.807, 2.05) is 30.8 Å². The van der Waals surface area contributed by atoms with Gasteiger partial charge in [0, 0.05) is 26.0 Å². The molecule has 0 aliphatic rings. The zero-order chi connectivity index (χ0) is 12.3. The molecule has 6 heteroatoms. The van der Waals surface area contributed by atoms with Gasteiger partial charge in [-0.3, -0.25) is 0 Å². The number of rotatable bonds is 5. The van der Waals surface area contributed by atoms with Gasteiger partial charge >= 0.3 is 0 Å². The highest BCUT2D eigenvalue weighted by Crippen LogP contribution is 2.15. The Hall–Kier alpha value is -1.82. The third kappa shape index (κ3) is 2.47. The third-order valence-corrected chi connectivity index (χ3v) is 2.61. The molecule has 0 spiro atoms. The number of hydrogen-bond donors (Lipinski definition) is 3. The first-order chi connectivity index (χ1) is 8.24. The summed E-state index contributed by atoms with van der Waals surface area (Å²) in [4.78, 5) is 8.61. The van der Waals surface area contributed by atoms with Crippen LogP contribution >= 0.6 is 0 Å². The minimum absolute atomic E-state index is 0.370. The highest BCUT2D eigenvalue weighted by Gasteiger charge is 2.08. The highest BCUT2D eigenvalue weighted by atomic mass is 16.3. The molecule has 2 rings (SSSR count). The molecule has 17 heavy (non-hydrogen) atoms. The molecule has 0 radical (unpaired) electrons. The Morgan fingerprint density at radius 1 is 1.53 bits per heavy atom. The molecule has 2 heterocycles. The lowest BCUT2D eigenvalue weighted by Crippen LogP contribution is -2.19. The fourth-order valence-corrected chi connectivity index (χ4v) is 1.53. The predicted octanol–water partition coefficient (Wildman–Crippen LogP) is 0.954. The standard InChI is InChI=1S/C11H17N5O/c1-3-8(17)6-14-10-11-13-4-5-16(11)7-9(12-2)15-10/h4-5,7-8,12,17H,3,6H2,1-2H3,(H,14,15). The van der Waals surface area contributed by atoms with E-state index in [1.54, 1.807) is 6.20 Å². The fraction of sp³-hybridized carbons (Fsp3) is 0.455. The van der Waals surface area contributed by atoms with E-state index in [2.05, 4.69) is 20.6 Å². The van der Waals surface area contributed by atoms with Crippen LogP contribution in [0.1, 0.15) is 13.3 Å². The number of nitrogens with zero attached hydrogens (tertiary/aromatic N) is 3. The Bertz CT molecular complexity index is 496. The first-order valence-electron chi connectivity index (χ1n) is 5.68. The molecule has 0 amide bonds. The van der Waals surface area contributed by atoms with Crippen LogP contribution in [0.4, 0.5) is 11.6 Å². The monoisotopic (exact) mass is 235 g/mol. The van der Waals surface area contributed by atoms with Crippen LogP contribution in [-0.4, -0.2) is 39.2 Å². The molecule has 0 aliphatic carbocycles. The quantitative estimate of drug-likeness (QED) is 0.719. The molecule has 3 N–H and O–H groups in total. The smallest absolute Gasteiger partial charge is 0.180 e. The normalized spacial score (nSPS) is 12.6. The first kappa shape index (κ1) is 11.7. The molecular weight excluding hydrogens is 218 g/mol. The molecular formula is C11H17N5O. The average Bonchev–Trinajstić information content (AvgIpc) is 2.83. The van der Waals surface area contributed by atoms with Crippen LogP contribution in [0.25, 0.3) is 5.65 Å². The molecule has 6 nitrogen and oxygen atoms in total. The van der Waals surface area contributed by atoms with Gasteiger partial charge in [-0.25, -0.2) is 9.97 Å². The second-order valence-corrected chi connectivity index (χ2v) is 3.83. The number of aliphatic hydroxyl groups is 1. The number of nitrogens with one attached hydrogen (secondary N) is 2. The molecule has 1 unspecified atom stereocenters. The largest absolute Gasteiger partial charge is 0.391 e. The van der Waals surface area contributed by atoms with Gasteiger partial charge in [0.15, 0.2) is 11.5 Å². The van der Waals surface area contributed by atoms with E-state index < -0.39 is 0 Å². The van der Waals surface area contributed by atoms with Gasteiger partial charge in [0.1, 0.15) is 5.82 Å². The molecule has 2 aromatic rings. The highest BCUT2D eigenvalue weighted by molar-refractivity contribution is 5.65. The Morgan fingerprint density at radius 2 is 2.35 bits per heavy atom. The van der Waals surface area contributed by atoms with Crippen molar-refractivity contribution in [2.45, 2.75) is 19.4 Å². The maximum atomic E-state index is 9.54. The number of fused-ring (bicyclic) bond motifs is 1. The summed E-state index contributed by atoms with van der Waals surface area (Å²) in [6.07, 6.45) is 5.79. The number of aromatic nitrogens is 3. The molecule has 0 saturated carbocycles. The van der Waals surface area contributed by atoms with E-state index in [9.17, 15) is 5.11 Å². The van der Waals surface area contributed by atoms with Gasteiger partial charge in [-0.1, -0.05) is 6.92 Å². The van der Waals surface area contributed by atoms with Gasteiger partial charge in [-0.15, -0.1) is 0 Å². The van der Waals surface area contributed by atoms with Crippen molar-refractivity contribution in [2.24, 2.45) is 0 Å². The Morgan fingerprint density at radius 3 is 3.06 bits per heavy atom. The Kier molecular flexibility index (Phi) is 3.43. The zero-order valence-corrected chi connectivity index (χ0v) is 10.0. The molecule has 0 fully saturated rings. The van der Waals surface area contributed by atoms with Crippen molar-refractivity contribution in [2.75, 3.05) is 24.2 Å². The van der Waals surface area contributed by atoms with Gasteiger partial charge in [0.05, 0.1) is 12.3 Å². The lowest BCUT2D eigenvalue weighted by molar-refractivity contribution is 0.183. The number of imidazole rings is 1. The van der Waals surface area contributed by atoms with Crippen LogP contribution in [0.2, 0.25) is 0 Å². The molecule has 1 atom stereocenters. The molecule has 0 aliphatic heterocycles. The second kappa shape index (κ2) is 5.01. The Labute approximate surface area is 99.7 Å². The van der Waals surface area contributed by atoms with Crippen LogP contribution in [0.3, 0.4) is 0 Å². The summed E-state index contributed by atoms with van der Waals surface area (Å²) >= 11 is 0. The van der Waals surface area contributed by atoms with Crippen molar-refractivity contribution in [3.05, 3.63) is 18.6 Å². The van der Waals surface area contributed by atoms with E-state index in [0.29, 0.717) is 18.8 Å². The number of aliphatic hydroxyl groups excluding tert-OH is 1. The average molecular weight is 235 g/mol. The van der Waals surface area contributed by atoms with Gasteiger partial charge in [0.2, 0.25) is 0 Å². The minimum Gasteiger partial charge on any atom is -0.391 e. The maximum absolute atomic E-state index is 9.54. The van der Waals surface area contributed by atoms with E-state index in [0.717, 1.165) is 11.5 Å². The first-order valence-corrected chi connectivity index (χ1v) is 5.68. The van der Waals surface area contributed by atoms with Crippen molar-refractivity contribution in [1.82, 2.24) is 14.4 Å². The van der Waals surface area contributed by atoms with Crippen LogP contribution in [0.15, 0.2) is 18.6 Å². The summed E-state index contributed by atoms with van der Waals surface area (Å²) in [6, 6.07) is 0. The van der Waals surface area contributed by atoms with Crippen molar-refractivity contribution >= 4 is 17.3 Å². The summed E-state index contributed by atoms with van der Waals surface area (Å²) in [5.41, 5.74) is 0.757. The Balaban J connectivity index is 2.27. The predicted molar refractivity (Wildman–Crippen MR) is 67.3 cm³/mol. The summed E-state index contributed by atoms with van der Waals surface area (Å²) in [6.45, 7) is 2.41. The van der Waals surface area contributed by atoms with Crippen molar-refractivity contribution in [3.63, 3.8) is 0 Å². The minimum atomic E-state index is -0.370. The van der Waals surface area contributed by atoms with Crippen molar-refractivity contribution < 1.29 is 5.11 Å². The number of hydrogen-bond acceptors (Lipinski definition) is 5. The topological polar surface area (TPSA) is 74.5 Å². The second-order valence-electron chi connectivity index (χ2n) is 3.83. The van der Waals surface area contributed by atoms with Gasteiger partial charge in [0.25, 0.3) is 0 Å². The summed E-state index contributed by atoms with van der Waals surface area (Å²) in [5, 5.41) is 15.6. The zero-order valence-electron chi connectivity index (χ0n) is 10.0. The van der Waals surface area contributed by atoms with Crippen LogP contribution in [0.5, 0.6) is 0 Å². The summed E-state index contributed by atoms with van der Waals surface area (Å²) in [5.74, 6) is 1.43. The van der Waals surface area contributed by atoms with E-state index in [-0.39, 0.29) is 6.10 Å². The van der Waals surface area contributed by atoms with Crippen molar-refractivity contribution in [1.29, 1.82) is 0 Å². The van der Waals surface area contributed by atoms with Crippen LogP contribution in [-0.2, 0) is 0 Å².